The molecule has 2 unspecified atom stereocenters. The Hall–Kier alpha value is -1.81. The summed E-state index contributed by atoms with van der Waals surface area (Å²) < 4.78 is 0. The van der Waals surface area contributed by atoms with Gasteiger partial charge in [-0.3, -0.25) is 19.2 Å². The number of carboxylic acids is 2. The van der Waals surface area contributed by atoms with Gasteiger partial charge >= 0.3 is 11.9 Å². The van der Waals surface area contributed by atoms with Crippen LogP contribution in [0, 0.1) is 0 Å². The van der Waals surface area contributed by atoms with Crippen molar-refractivity contribution in [1.82, 2.24) is 10.2 Å². The van der Waals surface area contributed by atoms with Crippen molar-refractivity contribution in [2.45, 2.75) is 70.4 Å². The summed E-state index contributed by atoms with van der Waals surface area (Å²) in [6, 6.07) is -2.14. The lowest BCUT2D eigenvalue weighted by Crippen LogP contribution is -2.51. The largest absolute Gasteiger partial charge is 0.480 e. The number of unbranched alkanes of at least 4 members (excludes halogenated alkanes) is 5. The van der Waals surface area contributed by atoms with Crippen molar-refractivity contribution in [2.75, 3.05) is 18.8 Å². The Morgan fingerprint density at radius 1 is 1.07 bits per heavy atom. The molecule has 0 aromatic carbocycles. The lowest BCUT2D eigenvalue weighted by Gasteiger charge is -2.26. The van der Waals surface area contributed by atoms with Gasteiger partial charge in [0.15, 0.2) is 0 Å². The number of amides is 2. The molecule has 10 heteroatoms. The molecule has 5 N–H and O–H groups in total. The second-order valence-corrected chi connectivity index (χ2v) is 7.07. The molecule has 0 aliphatic rings. The van der Waals surface area contributed by atoms with E-state index >= 15 is 0 Å². The fraction of sp³-hybridized carbons (Fsp3) is 0.778. The highest BCUT2D eigenvalue weighted by Gasteiger charge is 2.26. The third kappa shape index (κ3) is 11.8. The van der Waals surface area contributed by atoms with E-state index in [4.69, 9.17) is 15.9 Å². The van der Waals surface area contributed by atoms with E-state index in [1.165, 1.54) is 4.90 Å². The third-order valence-corrected chi connectivity index (χ3v) is 4.60. The molecule has 0 aliphatic carbocycles. The van der Waals surface area contributed by atoms with Crippen LogP contribution >= 0.6 is 12.6 Å². The summed E-state index contributed by atoms with van der Waals surface area (Å²) in [5.74, 6) is -3.37. The monoisotopic (exact) mass is 419 g/mol. The van der Waals surface area contributed by atoms with Gasteiger partial charge in [0, 0.05) is 18.7 Å². The van der Waals surface area contributed by atoms with Crippen LogP contribution in [0.2, 0.25) is 0 Å². The van der Waals surface area contributed by atoms with Crippen molar-refractivity contribution in [1.29, 1.82) is 0 Å². The van der Waals surface area contributed by atoms with Gasteiger partial charge in [-0.05, 0) is 12.8 Å². The fourth-order valence-electron chi connectivity index (χ4n) is 2.60. The van der Waals surface area contributed by atoms with E-state index in [-0.39, 0.29) is 18.6 Å². The topological polar surface area (TPSA) is 150 Å². The van der Waals surface area contributed by atoms with Crippen LogP contribution in [0.25, 0.3) is 0 Å². The average molecular weight is 420 g/mol. The Bertz CT molecular complexity index is 518. The molecule has 0 heterocycles. The number of nitrogens with two attached hydrogens (primary N) is 1. The van der Waals surface area contributed by atoms with E-state index < -0.39 is 42.4 Å². The van der Waals surface area contributed by atoms with Crippen LogP contribution in [0.4, 0.5) is 0 Å². The zero-order valence-corrected chi connectivity index (χ0v) is 17.3. The predicted octanol–water partition coefficient (Wildman–Crippen LogP) is 0.867. The molecule has 0 saturated carbocycles. The Balaban J connectivity index is 4.65. The summed E-state index contributed by atoms with van der Waals surface area (Å²) in [6.45, 7) is 1.97. The maximum atomic E-state index is 12.6. The van der Waals surface area contributed by atoms with Crippen LogP contribution in [-0.4, -0.2) is 69.8 Å². The van der Waals surface area contributed by atoms with Gasteiger partial charge in [-0.25, -0.2) is 0 Å². The summed E-state index contributed by atoms with van der Waals surface area (Å²) in [5, 5.41) is 20.3. The molecule has 2 amide bonds. The van der Waals surface area contributed by atoms with Gasteiger partial charge in [-0.15, -0.1) is 0 Å². The molecule has 162 valence electrons. The zero-order valence-electron chi connectivity index (χ0n) is 16.4. The SMILES string of the molecule is CCCCCCCCN(CC(=O)O)C(=O)C(CS)NC(=O)CCC(N)C(=O)O. The Kier molecular flexibility index (Phi) is 14.2. The van der Waals surface area contributed by atoms with E-state index in [2.05, 4.69) is 24.9 Å². The van der Waals surface area contributed by atoms with Crippen molar-refractivity contribution in [3.63, 3.8) is 0 Å². The normalized spacial score (nSPS) is 12.8. The van der Waals surface area contributed by atoms with Crippen LogP contribution in [0.5, 0.6) is 0 Å². The minimum atomic E-state index is -1.21. The van der Waals surface area contributed by atoms with Gasteiger partial charge in [0.05, 0.1) is 0 Å². The summed E-state index contributed by atoms with van der Waals surface area (Å²) in [5.41, 5.74) is 5.35. The number of hydrogen-bond donors (Lipinski definition) is 5. The predicted molar refractivity (Wildman–Crippen MR) is 108 cm³/mol. The summed E-state index contributed by atoms with van der Waals surface area (Å²) in [7, 11) is 0. The number of carbonyl (C=O) groups is 4. The van der Waals surface area contributed by atoms with Crippen molar-refractivity contribution in [3.05, 3.63) is 0 Å². The van der Waals surface area contributed by atoms with Crippen LogP contribution in [0.3, 0.4) is 0 Å². The smallest absolute Gasteiger partial charge is 0.323 e. The third-order valence-electron chi connectivity index (χ3n) is 4.23. The van der Waals surface area contributed by atoms with E-state index in [9.17, 15) is 19.2 Å². The number of carboxylic acid groups (broad SMARTS) is 2. The highest BCUT2D eigenvalue weighted by Crippen LogP contribution is 2.08. The van der Waals surface area contributed by atoms with E-state index in [1.807, 2.05) is 0 Å². The highest BCUT2D eigenvalue weighted by atomic mass is 32.1. The quantitative estimate of drug-likeness (QED) is 0.184. The molecule has 0 spiro atoms. The summed E-state index contributed by atoms with van der Waals surface area (Å²) >= 11 is 4.08. The fourth-order valence-corrected chi connectivity index (χ4v) is 2.84. The number of aliphatic carboxylic acids is 2. The first-order valence-corrected chi connectivity index (χ1v) is 10.2. The Morgan fingerprint density at radius 2 is 1.68 bits per heavy atom. The van der Waals surface area contributed by atoms with Crippen LogP contribution in [-0.2, 0) is 19.2 Å². The Labute approximate surface area is 171 Å². The standard InChI is InChI=1S/C18H33N3O6S/c1-2-3-4-5-6-7-10-21(11-16(23)24)17(25)14(12-28)20-15(22)9-8-13(19)18(26)27/h13-14,28H,2-12,19H2,1H3,(H,20,22)(H,23,24)(H,26,27). The molecule has 0 saturated heterocycles. The average Bonchev–Trinajstić information content (AvgIpc) is 2.64. The van der Waals surface area contributed by atoms with E-state index in [0.29, 0.717) is 13.0 Å². The molecule has 0 aliphatic heterocycles. The van der Waals surface area contributed by atoms with E-state index in [1.54, 1.807) is 0 Å². The maximum Gasteiger partial charge on any atom is 0.323 e. The number of hydrogen-bond acceptors (Lipinski definition) is 6. The summed E-state index contributed by atoms with van der Waals surface area (Å²) in [6.07, 6.45) is 5.78. The summed E-state index contributed by atoms with van der Waals surface area (Å²) in [4.78, 5) is 47.6. The Morgan fingerprint density at radius 3 is 2.21 bits per heavy atom. The lowest BCUT2D eigenvalue weighted by molar-refractivity contribution is -0.145. The molecular weight excluding hydrogens is 386 g/mol. The molecule has 2 atom stereocenters. The van der Waals surface area contributed by atoms with Gasteiger partial charge < -0.3 is 26.2 Å². The molecular formula is C18H33N3O6S. The maximum absolute atomic E-state index is 12.6. The second-order valence-electron chi connectivity index (χ2n) is 6.71. The number of thiol groups is 1. The van der Waals surface area contributed by atoms with Crippen LogP contribution < -0.4 is 11.1 Å². The van der Waals surface area contributed by atoms with Gasteiger partial charge in [0.25, 0.3) is 0 Å². The number of nitrogens with zero attached hydrogens (tertiary/aromatic N) is 1. The molecule has 28 heavy (non-hydrogen) atoms. The second kappa shape index (κ2) is 15.2. The number of carbonyl (C=O) groups excluding carboxylic acids is 2. The minimum absolute atomic E-state index is 0.00216. The molecule has 0 radical (unpaired) electrons. The van der Waals surface area contributed by atoms with E-state index in [0.717, 1.165) is 32.1 Å². The molecule has 0 fully saturated rings. The molecule has 0 aromatic rings. The van der Waals surface area contributed by atoms with Crippen molar-refractivity contribution < 1.29 is 29.4 Å². The van der Waals surface area contributed by atoms with Gasteiger partial charge in [-0.1, -0.05) is 39.0 Å². The lowest BCUT2D eigenvalue weighted by atomic mass is 10.1. The number of rotatable bonds is 16. The first-order chi connectivity index (χ1) is 13.2. The van der Waals surface area contributed by atoms with Crippen LogP contribution in [0.1, 0.15) is 58.3 Å². The number of nitrogens with one attached hydrogen (secondary N) is 1. The molecule has 0 bridgehead atoms. The van der Waals surface area contributed by atoms with Crippen molar-refractivity contribution >= 4 is 36.4 Å². The molecule has 0 rings (SSSR count). The van der Waals surface area contributed by atoms with Crippen LogP contribution in [0.15, 0.2) is 0 Å². The molecule has 9 nitrogen and oxygen atoms in total. The minimum Gasteiger partial charge on any atom is -0.480 e. The molecule has 0 aromatic heterocycles. The van der Waals surface area contributed by atoms with Crippen molar-refractivity contribution in [2.24, 2.45) is 5.73 Å². The highest BCUT2D eigenvalue weighted by molar-refractivity contribution is 7.80. The van der Waals surface area contributed by atoms with Gasteiger partial charge in [0.2, 0.25) is 11.8 Å². The first-order valence-electron chi connectivity index (χ1n) is 9.62. The zero-order chi connectivity index (χ0) is 21.5. The van der Waals surface area contributed by atoms with Gasteiger partial charge in [0.1, 0.15) is 18.6 Å². The first kappa shape index (κ1) is 26.2. The van der Waals surface area contributed by atoms with Crippen molar-refractivity contribution in [3.8, 4) is 0 Å². The van der Waals surface area contributed by atoms with Gasteiger partial charge in [-0.2, -0.15) is 12.6 Å².